The van der Waals surface area contributed by atoms with Crippen molar-refractivity contribution in [1.82, 2.24) is 0 Å². The molecule has 2 aromatic carbocycles. The Balaban J connectivity index is 0.000000327. The molecule has 0 bridgehead atoms. The zero-order chi connectivity index (χ0) is 15.4. The van der Waals surface area contributed by atoms with Gasteiger partial charge in [0.15, 0.2) is 0 Å². The van der Waals surface area contributed by atoms with Crippen LogP contribution >= 0.6 is 0 Å². The molecule has 2 aromatic rings. The second-order valence-corrected chi connectivity index (χ2v) is 4.82. The highest BCUT2D eigenvalue weighted by molar-refractivity contribution is 7.85. The lowest BCUT2D eigenvalue weighted by Crippen LogP contribution is -1.96. The van der Waals surface area contributed by atoms with Gasteiger partial charge in [-0.15, -0.1) is 13.2 Å². The Morgan fingerprint density at radius 2 is 1.25 bits per heavy atom. The van der Waals surface area contributed by atoms with E-state index in [0.29, 0.717) is 0 Å². The Labute approximate surface area is 120 Å². The van der Waals surface area contributed by atoms with Crippen LogP contribution in [0.15, 0.2) is 85.3 Å². The molecule has 2 rings (SSSR count). The molecular weight excluding hydrogens is 272 g/mol. The maximum Gasteiger partial charge on any atom is 0.294 e. The number of hydrogen-bond acceptors (Lipinski definition) is 2. The van der Waals surface area contributed by atoms with Gasteiger partial charge in [0.05, 0.1) is 4.90 Å². The molecule has 0 atom stereocenters. The molecule has 0 unspecified atom stereocenters. The van der Waals surface area contributed by atoms with Crippen LogP contribution in [0.3, 0.4) is 0 Å². The first-order valence-electron chi connectivity index (χ1n) is 5.74. The van der Waals surface area contributed by atoms with Gasteiger partial charge in [-0.2, -0.15) is 8.42 Å². The lowest BCUT2D eigenvalue weighted by atomic mass is 10.2. The van der Waals surface area contributed by atoms with Crippen molar-refractivity contribution < 1.29 is 13.0 Å². The maximum absolute atomic E-state index is 10.4. The van der Waals surface area contributed by atoms with Gasteiger partial charge >= 0.3 is 0 Å². The summed E-state index contributed by atoms with van der Waals surface area (Å²) in [5, 5.41) is 0. The molecular formula is C16H18O3S. The SMILES string of the molecule is C=C.C=Cc1ccccc1.O=S(=O)(O)c1ccccc1. The zero-order valence-electron chi connectivity index (χ0n) is 11.1. The van der Waals surface area contributed by atoms with Gasteiger partial charge in [-0.3, -0.25) is 4.55 Å². The van der Waals surface area contributed by atoms with Gasteiger partial charge in [-0.25, -0.2) is 0 Å². The van der Waals surface area contributed by atoms with E-state index in [9.17, 15) is 8.42 Å². The van der Waals surface area contributed by atoms with Crippen molar-refractivity contribution in [2.75, 3.05) is 0 Å². The van der Waals surface area contributed by atoms with Gasteiger partial charge in [-0.05, 0) is 17.7 Å². The summed E-state index contributed by atoms with van der Waals surface area (Å²) in [6.07, 6.45) is 1.83. The van der Waals surface area contributed by atoms with Gasteiger partial charge in [0.1, 0.15) is 0 Å². The van der Waals surface area contributed by atoms with Crippen LogP contribution in [0.5, 0.6) is 0 Å². The number of rotatable bonds is 2. The average Bonchev–Trinajstić information content (AvgIpc) is 2.51. The van der Waals surface area contributed by atoms with E-state index in [1.165, 1.54) is 17.7 Å². The highest BCUT2D eigenvalue weighted by Gasteiger charge is 2.05. The molecule has 0 spiro atoms. The van der Waals surface area contributed by atoms with E-state index in [1.807, 2.05) is 36.4 Å². The van der Waals surface area contributed by atoms with Gasteiger partial charge in [0.25, 0.3) is 10.1 Å². The molecule has 106 valence electrons. The van der Waals surface area contributed by atoms with Crippen LogP contribution in [0.1, 0.15) is 5.56 Å². The smallest absolute Gasteiger partial charge is 0.282 e. The Hall–Kier alpha value is -2.17. The van der Waals surface area contributed by atoms with Gasteiger partial charge < -0.3 is 0 Å². The predicted octanol–water partition coefficient (Wildman–Crippen LogP) is 4.07. The van der Waals surface area contributed by atoms with E-state index in [-0.39, 0.29) is 4.90 Å². The molecule has 0 aliphatic rings. The maximum atomic E-state index is 10.4. The summed E-state index contributed by atoms with van der Waals surface area (Å²) in [4.78, 5) is -0.0741. The monoisotopic (exact) mass is 290 g/mol. The summed E-state index contributed by atoms with van der Waals surface area (Å²) < 4.78 is 29.2. The van der Waals surface area contributed by atoms with E-state index >= 15 is 0 Å². The van der Waals surface area contributed by atoms with Crippen LogP contribution in [-0.4, -0.2) is 13.0 Å². The first kappa shape index (κ1) is 17.8. The summed E-state index contributed by atoms with van der Waals surface area (Å²) in [7, 11) is -4.00. The molecule has 0 heterocycles. The van der Waals surface area contributed by atoms with Crippen molar-refractivity contribution >= 4 is 16.2 Å². The Morgan fingerprint density at radius 3 is 1.50 bits per heavy atom. The van der Waals surface area contributed by atoms with E-state index in [1.54, 1.807) is 18.2 Å². The molecule has 0 fully saturated rings. The topological polar surface area (TPSA) is 54.4 Å². The van der Waals surface area contributed by atoms with E-state index in [4.69, 9.17) is 4.55 Å². The summed E-state index contributed by atoms with van der Waals surface area (Å²) >= 11 is 0. The minimum atomic E-state index is -4.00. The lowest BCUT2D eigenvalue weighted by Gasteiger charge is -1.92. The quantitative estimate of drug-likeness (QED) is 0.670. The Kier molecular flexibility index (Phi) is 8.67. The molecule has 20 heavy (non-hydrogen) atoms. The predicted molar refractivity (Wildman–Crippen MR) is 84.0 cm³/mol. The Bertz CT molecular complexity index is 590. The van der Waals surface area contributed by atoms with Crippen molar-refractivity contribution in [2.24, 2.45) is 0 Å². The summed E-state index contributed by atoms with van der Waals surface area (Å²) in [5.74, 6) is 0. The molecule has 4 heteroatoms. The third-order valence-electron chi connectivity index (χ3n) is 2.08. The molecule has 1 N–H and O–H groups in total. The van der Waals surface area contributed by atoms with Crippen LogP contribution in [0.2, 0.25) is 0 Å². The summed E-state index contributed by atoms with van der Waals surface area (Å²) in [6.45, 7) is 9.63. The first-order valence-corrected chi connectivity index (χ1v) is 7.18. The van der Waals surface area contributed by atoms with Crippen LogP contribution in [0.4, 0.5) is 0 Å². The summed E-state index contributed by atoms with van der Waals surface area (Å²) in [5.41, 5.74) is 1.17. The van der Waals surface area contributed by atoms with Gasteiger partial charge in [-0.1, -0.05) is 61.2 Å². The average molecular weight is 290 g/mol. The number of benzene rings is 2. The van der Waals surface area contributed by atoms with Crippen molar-refractivity contribution in [2.45, 2.75) is 4.90 Å². The molecule has 0 saturated carbocycles. The van der Waals surface area contributed by atoms with Crippen LogP contribution in [0.25, 0.3) is 6.08 Å². The molecule has 0 radical (unpaired) electrons. The van der Waals surface area contributed by atoms with E-state index < -0.39 is 10.1 Å². The van der Waals surface area contributed by atoms with Crippen molar-refractivity contribution in [3.63, 3.8) is 0 Å². The highest BCUT2D eigenvalue weighted by atomic mass is 32.2. The van der Waals surface area contributed by atoms with Gasteiger partial charge in [0.2, 0.25) is 0 Å². The van der Waals surface area contributed by atoms with Crippen molar-refractivity contribution in [3.05, 3.63) is 86.0 Å². The normalized spacial score (nSPS) is 9.25. The second-order valence-electron chi connectivity index (χ2n) is 3.40. The number of hydrogen-bond donors (Lipinski definition) is 1. The van der Waals surface area contributed by atoms with Gasteiger partial charge in [0, 0.05) is 0 Å². The molecule has 0 amide bonds. The minimum Gasteiger partial charge on any atom is -0.282 e. The van der Waals surface area contributed by atoms with E-state index in [0.717, 1.165) is 0 Å². The third-order valence-corrected chi connectivity index (χ3v) is 2.94. The first-order chi connectivity index (χ1) is 9.54. The molecule has 0 saturated heterocycles. The fraction of sp³-hybridized carbons (Fsp3) is 0. The molecule has 0 aliphatic heterocycles. The highest BCUT2D eigenvalue weighted by Crippen LogP contribution is 2.05. The minimum absolute atomic E-state index is 0.0741. The zero-order valence-corrected chi connectivity index (χ0v) is 12.0. The third kappa shape index (κ3) is 7.31. The summed E-state index contributed by atoms with van der Waals surface area (Å²) in [6, 6.07) is 17.5. The Morgan fingerprint density at radius 1 is 0.850 bits per heavy atom. The fourth-order valence-corrected chi connectivity index (χ4v) is 1.68. The van der Waals surface area contributed by atoms with Crippen molar-refractivity contribution in [1.29, 1.82) is 0 Å². The van der Waals surface area contributed by atoms with Crippen molar-refractivity contribution in [3.8, 4) is 0 Å². The largest absolute Gasteiger partial charge is 0.294 e. The molecule has 0 aliphatic carbocycles. The van der Waals surface area contributed by atoms with Crippen LogP contribution < -0.4 is 0 Å². The van der Waals surface area contributed by atoms with Crippen LogP contribution in [-0.2, 0) is 10.1 Å². The second kappa shape index (κ2) is 9.72. The molecule has 0 aromatic heterocycles. The fourth-order valence-electron chi connectivity index (χ4n) is 1.18. The van der Waals surface area contributed by atoms with E-state index in [2.05, 4.69) is 19.7 Å². The lowest BCUT2D eigenvalue weighted by molar-refractivity contribution is 0.483. The van der Waals surface area contributed by atoms with Crippen LogP contribution in [0, 0.1) is 0 Å². The molecule has 3 nitrogen and oxygen atoms in total. The standard InChI is InChI=1S/C8H8.C6H6O3S.C2H4/c1-2-8-6-4-3-5-7-8;7-10(8,9)6-4-2-1-3-5-6;1-2/h2-7H,1H2;1-5H,(H,7,8,9);1-2H2.